The summed E-state index contributed by atoms with van der Waals surface area (Å²) in [5.74, 6) is -0.0910. The zero-order valence-electron chi connectivity index (χ0n) is 13.4. The smallest absolute Gasteiger partial charge is 0.249 e. The molecule has 116 valence electrons. The van der Waals surface area contributed by atoms with Gasteiger partial charge in [-0.15, -0.1) is 0 Å². The van der Waals surface area contributed by atoms with Crippen LogP contribution < -0.4 is 5.32 Å². The van der Waals surface area contributed by atoms with E-state index >= 15 is 0 Å². The van der Waals surface area contributed by atoms with Crippen molar-refractivity contribution in [3.8, 4) is 0 Å². The van der Waals surface area contributed by atoms with Gasteiger partial charge in [0.1, 0.15) is 6.10 Å². The summed E-state index contributed by atoms with van der Waals surface area (Å²) in [6.45, 7) is 6.26. The van der Waals surface area contributed by atoms with Crippen molar-refractivity contribution in [2.45, 2.75) is 39.5 Å². The van der Waals surface area contributed by atoms with Crippen LogP contribution in [-0.4, -0.2) is 12.0 Å². The van der Waals surface area contributed by atoms with Crippen LogP contribution in [0.5, 0.6) is 0 Å². The van der Waals surface area contributed by atoms with Crippen LogP contribution >= 0.6 is 0 Å². The van der Waals surface area contributed by atoms with E-state index in [1.165, 1.54) is 5.56 Å². The number of aryl methyl sites for hydroxylation is 1. The third-order valence-electron chi connectivity index (χ3n) is 3.73. The van der Waals surface area contributed by atoms with E-state index in [-0.39, 0.29) is 11.9 Å². The van der Waals surface area contributed by atoms with Gasteiger partial charge in [0.25, 0.3) is 0 Å². The average molecular weight is 297 g/mol. The molecule has 0 spiro atoms. The molecule has 22 heavy (non-hydrogen) atoms. The van der Waals surface area contributed by atoms with Crippen LogP contribution in [0, 0.1) is 6.92 Å². The molecule has 0 saturated carbocycles. The minimum atomic E-state index is -0.480. The maximum atomic E-state index is 12.2. The highest BCUT2D eigenvalue weighted by Crippen LogP contribution is 2.17. The Morgan fingerprint density at radius 3 is 2.36 bits per heavy atom. The summed E-state index contributed by atoms with van der Waals surface area (Å²) < 4.78 is 5.64. The molecule has 0 bridgehead atoms. The van der Waals surface area contributed by atoms with Crippen molar-refractivity contribution < 1.29 is 9.53 Å². The van der Waals surface area contributed by atoms with Crippen molar-refractivity contribution >= 4 is 5.91 Å². The van der Waals surface area contributed by atoms with Crippen LogP contribution in [0.15, 0.2) is 54.6 Å². The van der Waals surface area contributed by atoms with Crippen molar-refractivity contribution in [2.75, 3.05) is 0 Å². The number of nitrogens with one attached hydrogen (secondary N) is 1. The highest BCUT2D eigenvalue weighted by Gasteiger charge is 2.17. The number of benzene rings is 2. The number of amides is 1. The maximum Gasteiger partial charge on any atom is 0.249 e. The van der Waals surface area contributed by atoms with Crippen molar-refractivity contribution in [3.05, 3.63) is 71.3 Å². The Labute approximate surface area is 132 Å². The van der Waals surface area contributed by atoms with E-state index in [1.54, 1.807) is 6.92 Å². The predicted molar refractivity (Wildman–Crippen MR) is 88.4 cm³/mol. The Morgan fingerprint density at radius 1 is 1.05 bits per heavy atom. The summed E-state index contributed by atoms with van der Waals surface area (Å²) in [5, 5.41) is 3.01. The molecule has 0 heterocycles. The Balaban J connectivity index is 1.87. The van der Waals surface area contributed by atoms with Gasteiger partial charge in [-0.1, -0.05) is 54.6 Å². The van der Waals surface area contributed by atoms with Gasteiger partial charge in [-0.05, 0) is 37.5 Å². The van der Waals surface area contributed by atoms with Crippen molar-refractivity contribution in [1.29, 1.82) is 0 Å². The Morgan fingerprint density at radius 2 is 1.68 bits per heavy atom. The van der Waals surface area contributed by atoms with Crippen LogP contribution in [0.3, 0.4) is 0 Å². The summed E-state index contributed by atoms with van der Waals surface area (Å²) in [6.07, 6.45) is -0.480. The van der Waals surface area contributed by atoms with Gasteiger partial charge in [0.15, 0.2) is 0 Å². The molecular formula is C19H23NO2. The number of ether oxygens (including phenoxy) is 1. The van der Waals surface area contributed by atoms with Gasteiger partial charge in [-0.3, -0.25) is 4.79 Å². The van der Waals surface area contributed by atoms with E-state index in [9.17, 15) is 4.79 Å². The predicted octanol–water partition coefficient (Wildman–Crippen LogP) is 3.78. The number of hydrogen-bond acceptors (Lipinski definition) is 2. The Bertz CT molecular complexity index is 610. The van der Waals surface area contributed by atoms with Crippen LogP contribution in [0.4, 0.5) is 0 Å². The molecular weight excluding hydrogens is 274 g/mol. The molecule has 0 aliphatic carbocycles. The third-order valence-corrected chi connectivity index (χ3v) is 3.73. The lowest BCUT2D eigenvalue weighted by Crippen LogP contribution is -2.36. The van der Waals surface area contributed by atoms with Crippen LogP contribution in [0.25, 0.3) is 0 Å². The second kappa shape index (κ2) is 7.76. The summed E-state index contributed by atoms with van der Waals surface area (Å²) in [5.41, 5.74) is 3.37. The standard InChI is InChI=1S/C19H23NO2/c1-14-9-7-8-12-18(14)15(2)20-19(21)16(3)22-13-17-10-5-4-6-11-17/h4-12,15-16H,13H2,1-3H3,(H,20,21)/t15-,16+/m0/s1. The molecule has 0 saturated heterocycles. The molecule has 0 fully saturated rings. The van der Waals surface area contributed by atoms with E-state index in [2.05, 4.69) is 5.32 Å². The average Bonchev–Trinajstić information content (AvgIpc) is 2.53. The first-order valence-electron chi connectivity index (χ1n) is 7.59. The minimum absolute atomic E-state index is 0.0310. The van der Waals surface area contributed by atoms with Gasteiger partial charge in [0.05, 0.1) is 12.6 Å². The second-order valence-corrected chi connectivity index (χ2v) is 5.53. The molecule has 2 atom stereocenters. The Kier molecular flexibility index (Phi) is 5.73. The van der Waals surface area contributed by atoms with Crippen LogP contribution in [0.2, 0.25) is 0 Å². The molecule has 0 radical (unpaired) electrons. The largest absolute Gasteiger partial charge is 0.364 e. The lowest BCUT2D eigenvalue weighted by molar-refractivity contribution is -0.133. The zero-order chi connectivity index (χ0) is 15.9. The topological polar surface area (TPSA) is 38.3 Å². The number of carbonyl (C=O) groups is 1. The first-order valence-corrected chi connectivity index (χ1v) is 7.59. The van der Waals surface area contributed by atoms with Crippen LogP contribution in [0.1, 0.15) is 36.6 Å². The van der Waals surface area contributed by atoms with Crippen molar-refractivity contribution in [2.24, 2.45) is 0 Å². The first kappa shape index (κ1) is 16.2. The van der Waals surface area contributed by atoms with E-state index < -0.39 is 6.10 Å². The van der Waals surface area contributed by atoms with Gasteiger partial charge in [-0.25, -0.2) is 0 Å². The quantitative estimate of drug-likeness (QED) is 0.881. The second-order valence-electron chi connectivity index (χ2n) is 5.53. The fourth-order valence-electron chi connectivity index (χ4n) is 2.35. The summed E-state index contributed by atoms with van der Waals surface area (Å²) >= 11 is 0. The van der Waals surface area contributed by atoms with Crippen molar-refractivity contribution in [3.63, 3.8) is 0 Å². The summed E-state index contributed by atoms with van der Waals surface area (Å²) in [6, 6.07) is 17.9. The number of carbonyl (C=O) groups excluding carboxylic acids is 1. The highest BCUT2D eigenvalue weighted by molar-refractivity contribution is 5.80. The van der Waals surface area contributed by atoms with Crippen molar-refractivity contribution in [1.82, 2.24) is 5.32 Å². The molecule has 2 rings (SSSR count). The van der Waals surface area contributed by atoms with E-state index in [0.717, 1.165) is 11.1 Å². The molecule has 3 heteroatoms. The van der Waals surface area contributed by atoms with Gasteiger partial charge >= 0.3 is 0 Å². The zero-order valence-corrected chi connectivity index (χ0v) is 13.4. The molecule has 0 unspecified atom stereocenters. The summed E-state index contributed by atoms with van der Waals surface area (Å²) in [7, 11) is 0. The molecule has 2 aromatic rings. The molecule has 0 aliphatic heterocycles. The van der Waals surface area contributed by atoms with Crippen LogP contribution in [-0.2, 0) is 16.1 Å². The molecule has 1 N–H and O–H groups in total. The number of rotatable bonds is 6. The van der Waals surface area contributed by atoms with E-state index in [1.807, 2.05) is 68.4 Å². The first-order chi connectivity index (χ1) is 10.6. The van der Waals surface area contributed by atoms with Gasteiger partial charge < -0.3 is 10.1 Å². The normalized spacial score (nSPS) is 13.4. The lowest BCUT2D eigenvalue weighted by atomic mass is 10.0. The molecule has 0 aromatic heterocycles. The van der Waals surface area contributed by atoms with Gasteiger partial charge in [0, 0.05) is 0 Å². The lowest BCUT2D eigenvalue weighted by Gasteiger charge is -2.19. The maximum absolute atomic E-state index is 12.2. The van der Waals surface area contributed by atoms with E-state index in [4.69, 9.17) is 4.74 Å². The Hall–Kier alpha value is -2.13. The third kappa shape index (κ3) is 4.43. The highest BCUT2D eigenvalue weighted by atomic mass is 16.5. The fourth-order valence-corrected chi connectivity index (χ4v) is 2.35. The monoisotopic (exact) mass is 297 g/mol. The fraction of sp³-hybridized carbons (Fsp3) is 0.316. The summed E-state index contributed by atoms with van der Waals surface area (Å²) in [4.78, 5) is 12.2. The molecule has 1 amide bonds. The minimum Gasteiger partial charge on any atom is -0.364 e. The van der Waals surface area contributed by atoms with Gasteiger partial charge in [-0.2, -0.15) is 0 Å². The SMILES string of the molecule is Cc1ccccc1[C@H](C)NC(=O)[C@@H](C)OCc1ccccc1. The molecule has 3 nitrogen and oxygen atoms in total. The van der Waals surface area contributed by atoms with E-state index in [0.29, 0.717) is 6.61 Å². The molecule has 2 aromatic carbocycles. The number of hydrogen-bond donors (Lipinski definition) is 1. The van der Waals surface area contributed by atoms with Gasteiger partial charge in [0.2, 0.25) is 5.91 Å². The molecule has 0 aliphatic rings.